The number of amides is 1. The monoisotopic (exact) mass is 816 g/mol. The molecule has 0 saturated carbocycles. The molecule has 1 amide bonds. The lowest BCUT2D eigenvalue weighted by Crippen LogP contribution is -2.60. The van der Waals surface area contributed by atoms with Gasteiger partial charge in [0, 0.05) is 0 Å². The van der Waals surface area contributed by atoms with Crippen molar-refractivity contribution in [3.05, 3.63) is 12.2 Å². The lowest BCUT2D eigenvalue weighted by molar-refractivity contribution is -0.303. The molecular weight excluding hydrogens is 727 g/mol. The normalized spacial score (nSPS) is 22.7. The molecule has 0 aliphatic carbocycles. The minimum absolute atomic E-state index is 0.260. The van der Waals surface area contributed by atoms with E-state index in [1.807, 2.05) is 0 Å². The molecule has 0 spiro atoms. The molecule has 1 heterocycles. The van der Waals surface area contributed by atoms with Gasteiger partial charge in [0.1, 0.15) is 36.6 Å². The van der Waals surface area contributed by atoms with Crippen molar-refractivity contribution in [2.75, 3.05) is 13.2 Å². The van der Waals surface area contributed by atoms with Crippen molar-refractivity contribution in [1.29, 1.82) is 0 Å². The third-order valence-corrected chi connectivity index (χ3v) is 11.7. The fourth-order valence-electron chi connectivity index (χ4n) is 7.68. The van der Waals surface area contributed by atoms with E-state index in [0.717, 1.165) is 32.1 Å². The minimum Gasteiger partial charge on any atom is -0.394 e. The second kappa shape index (κ2) is 35.6. The van der Waals surface area contributed by atoms with Crippen molar-refractivity contribution in [3.63, 3.8) is 0 Å². The number of hydrogen-bond donors (Lipinski definition) is 8. The van der Waals surface area contributed by atoms with Crippen molar-refractivity contribution in [3.8, 4) is 0 Å². The Kier molecular flexibility index (Phi) is 33.6. The van der Waals surface area contributed by atoms with Crippen molar-refractivity contribution in [1.82, 2.24) is 5.32 Å². The number of hydrogen-bond acceptors (Lipinski definition) is 10. The highest BCUT2D eigenvalue weighted by atomic mass is 16.7. The molecule has 0 aromatic carbocycles. The predicted octanol–water partition coefficient (Wildman–Crippen LogP) is 7.53. The molecule has 1 aliphatic rings. The van der Waals surface area contributed by atoms with E-state index in [4.69, 9.17) is 9.47 Å². The summed E-state index contributed by atoms with van der Waals surface area (Å²) in [5.41, 5.74) is 0. The van der Waals surface area contributed by atoms with Crippen LogP contribution in [0.1, 0.15) is 201 Å². The van der Waals surface area contributed by atoms with Gasteiger partial charge in [-0.1, -0.05) is 174 Å². The summed E-state index contributed by atoms with van der Waals surface area (Å²) >= 11 is 0. The Morgan fingerprint density at radius 3 is 1.63 bits per heavy atom. The van der Waals surface area contributed by atoms with Gasteiger partial charge in [-0.25, -0.2) is 0 Å². The molecule has 1 aliphatic heterocycles. The summed E-state index contributed by atoms with van der Waals surface area (Å²) in [5, 5.41) is 75.7. The van der Waals surface area contributed by atoms with E-state index in [1.165, 1.54) is 122 Å². The number of carbonyl (C=O) groups excluding carboxylic acids is 1. The van der Waals surface area contributed by atoms with Gasteiger partial charge >= 0.3 is 0 Å². The SMILES string of the molecule is CCCCCCC=CCCCCCCCCCCCCCC(O)C(=O)NC(COC1OC(CO)C(O)C(O)C1O)C(O)C(O)CCCCC(C)CCCCCCC. The van der Waals surface area contributed by atoms with Crippen LogP contribution < -0.4 is 5.32 Å². The molecule has 338 valence electrons. The average Bonchev–Trinajstić information content (AvgIpc) is 3.20. The molecule has 1 rings (SSSR count). The first-order chi connectivity index (χ1) is 27.6. The van der Waals surface area contributed by atoms with E-state index in [2.05, 4.69) is 38.2 Å². The van der Waals surface area contributed by atoms with Crippen LogP contribution >= 0.6 is 0 Å². The Bertz CT molecular complexity index is 954. The zero-order valence-electron chi connectivity index (χ0n) is 36.5. The predicted molar refractivity (Wildman–Crippen MR) is 229 cm³/mol. The summed E-state index contributed by atoms with van der Waals surface area (Å²) in [7, 11) is 0. The fraction of sp³-hybridized carbons (Fsp3) is 0.935. The Morgan fingerprint density at radius 1 is 0.632 bits per heavy atom. The van der Waals surface area contributed by atoms with Crippen LogP contribution in [0.2, 0.25) is 0 Å². The molecule has 0 aromatic heterocycles. The van der Waals surface area contributed by atoms with Crippen molar-refractivity contribution < 1.29 is 50.0 Å². The first-order valence-corrected chi connectivity index (χ1v) is 23.5. The second-order valence-electron chi connectivity index (χ2n) is 17.1. The number of nitrogens with one attached hydrogen (secondary N) is 1. The summed E-state index contributed by atoms with van der Waals surface area (Å²) < 4.78 is 11.1. The lowest BCUT2D eigenvalue weighted by atomic mass is 9.94. The first kappa shape index (κ1) is 53.9. The third kappa shape index (κ3) is 25.9. The molecule has 57 heavy (non-hydrogen) atoms. The van der Waals surface area contributed by atoms with Gasteiger partial charge in [0.15, 0.2) is 6.29 Å². The van der Waals surface area contributed by atoms with Crippen LogP contribution in [0.5, 0.6) is 0 Å². The average molecular weight is 816 g/mol. The molecule has 10 atom stereocenters. The Hall–Kier alpha value is -1.15. The summed E-state index contributed by atoms with van der Waals surface area (Å²) in [4.78, 5) is 13.1. The molecule has 1 fully saturated rings. The van der Waals surface area contributed by atoms with Crippen molar-refractivity contribution in [2.24, 2.45) is 5.92 Å². The van der Waals surface area contributed by atoms with Crippen LogP contribution in [0.3, 0.4) is 0 Å². The maximum absolute atomic E-state index is 13.1. The molecule has 0 bridgehead atoms. The third-order valence-electron chi connectivity index (χ3n) is 11.7. The van der Waals surface area contributed by atoms with Crippen LogP contribution in [0.15, 0.2) is 12.2 Å². The number of carbonyl (C=O) groups is 1. The van der Waals surface area contributed by atoms with Crippen LogP contribution in [-0.2, 0) is 14.3 Å². The van der Waals surface area contributed by atoms with Crippen LogP contribution in [0.4, 0.5) is 0 Å². The maximum Gasteiger partial charge on any atom is 0.249 e. The van der Waals surface area contributed by atoms with Crippen LogP contribution in [-0.4, -0.2) is 110 Å². The summed E-state index contributed by atoms with van der Waals surface area (Å²) in [6, 6.07) is -1.17. The summed E-state index contributed by atoms with van der Waals surface area (Å²) in [6.45, 7) is 5.65. The number of ether oxygens (including phenoxy) is 2. The highest BCUT2D eigenvalue weighted by Crippen LogP contribution is 2.23. The molecule has 8 N–H and O–H groups in total. The smallest absolute Gasteiger partial charge is 0.249 e. The molecular formula is C46H89NO10. The molecule has 0 radical (unpaired) electrons. The zero-order valence-corrected chi connectivity index (χ0v) is 36.5. The van der Waals surface area contributed by atoms with Gasteiger partial charge in [0.25, 0.3) is 0 Å². The largest absolute Gasteiger partial charge is 0.394 e. The highest BCUT2D eigenvalue weighted by molar-refractivity contribution is 5.80. The Balaban J connectivity index is 2.44. The quantitative estimate of drug-likeness (QED) is 0.0229. The topological polar surface area (TPSA) is 189 Å². The number of aliphatic hydroxyl groups is 7. The highest BCUT2D eigenvalue weighted by Gasteiger charge is 2.44. The molecule has 11 heteroatoms. The van der Waals surface area contributed by atoms with E-state index in [0.29, 0.717) is 25.2 Å². The van der Waals surface area contributed by atoms with E-state index >= 15 is 0 Å². The van der Waals surface area contributed by atoms with E-state index in [-0.39, 0.29) is 6.42 Å². The van der Waals surface area contributed by atoms with Crippen molar-refractivity contribution in [2.45, 2.75) is 256 Å². The number of allylic oxidation sites excluding steroid dienone is 2. The van der Waals surface area contributed by atoms with Gasteiger partial charge in [0.05, 0.1) is 25.4 Å². The number of aliphatic hydroxyl groups excluding tert-OH is 7. The Labute approximate surface area is 347 Å². The molecule has 0 aromatic rings. The van der Waals surface area contributed by atoms with E-state index in [9.17, 15) is 40.5 Å². The van der Waals surface area contributed by atoms with Crippen LogP contribution in [0.25, 0.3) is 0 Å². The Morgan fingerprint density at radius 2 is 1.09 bits per heavy atom. The van der Waals surface area contributed by atoms with E-state index < -0.39 is 74.2 Å². The van der Waals surface area contributed by atoms with Gasteiger partial charge in [-0.3, -0.25) is 4.79 Å². The summed E-state index contributed by atoms with van der Waals surface area (Å²) in [6.07, 6.45) is 24.2. The number of rotatable bonds is 38. The van der Waals surface area contributed by atoms with Crippen molar-refractivity contribution >= 4 is 5.91 Å². The number of unbranched alkanes of at least 4 members (excludes halogenated alkanes) is 20. The summed E-state index contributed by atoms with van der Waals surface area (Å²) in [5.74, 6) is -0.115. The van der Waals surface area contributed by atoms with Crippen LogP contribution in [0, 0.1) is 5.92 Å². The lowest BCUT2D eigenvalue weighted by Gasteiger charge is -2.40. The molecule has 10 unspecified atom stereocenters. The van der Waals surface area contributed by atoms with Gasteiger partial charge in [-0.05, 0) is 44.4 Å². The fourth-order valence-corrected chi connectivity index (χ4v) is 7.68. The maximum atomic E-state index is 13.1. The minimum atomic E-state index is -1.66. The zero-order chi connectivity index (χ0) is 42.1. The standard InChI is InChI=1S/C46H89NO10/c1-4-6-8-10-11-12-13-14-15-16-17-18-19-20-21-22-23-25-27-33-39(50)45(55)47-37(35-56-46-44(54)43(53)42(52)40(34-48)57-46)41(51)38(49)32-29-28-31-36(3)30-26-24-9-7-5-2/h12-13,36-44,46,48-54H,4-11,14-35H2,1-3H3,(H,47,55). The second-order valence-corrected chi connectivity index (χ2v) is 17.1. The van der Waals surface area contributed by atoms with E-state index in [1.54, 1.807) is 0 Å². The van der Waals surface area contributed by atoms with Gasteiger partial charge in [0.2, 0.25) is 5.91 Å². The molecule has 1 saturated heterocycles. The molecule has 11 nitrogen and oxygen atoms in total. The van der Waals surface area contributed by atoms with Gasteiger partial charge in [-0.15, -0.1) is 0 Å². The first-order valence-electron chi connectivity index (χ1n) is 23.5. The van der Waals surface area contributed by atoms with Gasteiger partial charge in [-0.2, -0.15) is 0 Å². The van der Waals surface area contributed by atoms with Gasteiger partial charge < -0.3 is 50.5 Å².